The van der Waals surface area contributed by atoms with Crippen LogP contribution in [0.15, 0.2) is 35.5 Å². The first-order valence-corrected chi connectivity index (χ1v) is 9.05. The fraction of sp³-hybridized carbons (Fsp3) is 0.450. The molecule has 1 aliphatic heterocycles. The Hall–Kier alpha value is -2.63. The SMILES string of the molecule is CCOc1cc(/C=N\N2C(=O)[C@H]3[C@H](C2=O)[C@H]2C=C[C@H]3CC2)ccc1OC. The molecule has 1 aromatic carbocycles. The number of allylic oxidation sites excluding steroid dienone is 2. The second kappa shape index (κ2) is 6.59. The lowest BCUT2D eigenvalue weighted by Gasteiger charge is -2.37. The maximum absolute atomic E-state index is 12.7. The lowest BCUT2D eigenvalue weighted by Crippen LogP contribution is -2.38. The summed E-state index contributed by atoms with van der Waals surface area (Å²) in [5, 5.41) is 5.29. The normalized spacial score (nSPS) is 29.5. The van der Waals surface area contributed by atoms with E-state index in [1.807, 2.05) is 13.0 Å². The summed E-state index contributed by atoms with van der Waals surface area (Å²) in [5.41, 5.74) is 0.741. The van der Waals surface area contributed by atoms with Crippen molar-refractivity contribution in [2.24, 2.45) is 28.8 Å². The highest BCUT2D eigenvalue weighted by atomic mass is 16.5. The largest absolute Gasteiger partial charge is 0.493 e. The molecule has 5 rings (SSSR count). The Balaban J connectivity index is 1.57. The van der Waals surface area contributed by atoms with Crippen LogP contribution in [0.3, 0.4) is 0 Å². The molecule has 2 fully saturated rings. The third-order valence-electron chi connectivity index (χ3n) is 5.55. The molecule has 0 aromatic heterocycles. The first kappa shape index (κ1) is 16.8. The Bertz CT molecular complexity index is 769. The molecule has 1 aromatic rings. The number of hydrogen-bond donors (Lipinski definition) is 0. The van der Waals surface area contributed by atoms with Crippen LogP contribution >= 0.6 is 0 Å². The Morgan fingerprint density at radius 3 is 2.31 bits per heavy atom. The molecule has 4 aliphatic rings. The first-order valence-electron chi connectivity index (χ1n) is 9.05. The van der Waals surface area contributed by atoms with Crippen LogP contribution in [0, 0.1) is 23.7 Å². The number of hydrogen-bond acceptors (Lipinski definition) is 5. The minimum absolute atomic E-state index is 0.172. The molecular weight excluding hydrogens is 332 g/mol. The lowest BCUT2D eigenvalue weighted by atomic mass is 9.63. The standard InChI is InChI=1S/C20H22N2O4/c1-3-26-16-10-12(4-9-15(16)25-2)11-21-22-19(23)17-13-5-6-14(8-7-13)18(17)20(22)24/h4-6,9-11,13-14,17-18H,3,7-8H2,1-2H3/b21-11-/t13-,14-,17+,18+/m0/s1. The van der Waals surface area contributed by atoms with E-state index in [2.05, 4.69) is 17.3 Å². The molecule has 0 N–H and O–H groups in total. The second-order valence-corrected chi connectivity index (χ2v) is 6.92. The van der Waals surface area contributed by atoms with Gasteiger partial charge in [0.2, 0.25) is 0 Å². The van der Waals surface area contributed by atoms with Gasteiger partial charge >= 0.3 is 0 Å². The van der Waals surface area contributed by atoms with Crippen molar-refractivity contribution in [1.82, 2.24) is 5.01 Å². The number of benzene rings is 1. The van der Waals surface area contributed by atoms with Gasteiger partial charge in [0.15, 0.2) is 11.5 Å². The zero-order valence-corrected chi connectivity index (χ0v) is 14.9. The molecule has 0 unspecified atom stereocenters. The van der Waals surface area contributed by atoms with Gasteiger partial charge in [-0.2, -0.15) is 10.1 Å². The van der Waals surface area contributed by atoms with Crippen molar-refractivity contribution in [3.05, 3.63) is 35.9 Å². The number of fused-ring (bicyclic) bond motifs is 1. The molecule has 0 spiro atoms. The number of imide groups is 1. The van der Waals surface area contributed by atoms with Crippen LogP contribution in [0.1, 0.15) is 25.3 Å². The van der Waals surface area contributed by atoms with Gasteiger partial charge < -0.3 is 9.47 Å². The quantitative estimate of drug-likeness (QED) is 0.463. The topological polar surface area (TPSA) is 68.2 Å². The van der Waals surface area contributed by atoms with Crippen molar-refractivity contribution in [3.63, 3.8) is 0 Å². The summed E-state index contributed by atoms with van der Waals surface area (Å²) in [7, 11) is 1.58. The molecule has 0 radical (unpaired) electrons. The molecule has 1 saturated carbocycles. The molecule has 4 atom stereocenters. The number of amides is 2. The van der Waals surface area contributed by atoms with Crippen LogP contribution in [0.4, 0.5) is 0 Å². The van der Waals surface area contributed by atoms with Crippen LogP contribution in [0.5, 0.6) is 11.5 Å². The first-order chi connectivity index (χ1) is 12.6. The number of ether oxygens (including phenoxy) is 2. The van der Waals surface area contributed by atoms with Crippen LogP contribution in [0.25, 0.3) is 0 Å². The van der Waals surface area contributed by atoms with Gasteiger partial charge in [-0.3, -0.25) is 9.59 Å². The van der Waals surface area contributed by atoms with Crippen LogP contribution < -0.4 is 9.47 Å². The van der Waals surface area contributed by atoms with Gasteiger partial charge in [0.1, 0.15) is 0 Å². The Labute approximate surface area is 152 Å². The van der Waals surface area contributed by atoms with E-state index in [1.165, 1.54) is 6.21 Å². The van der Waals surface area contributed by atoms with E-state index in [4.69, 9.17) is 9.47 Å². The number of nitrogens with zero attached hydrogens (tertiary/aromatic N) is 2. The molecule has 136 valence electrons. The zero-order valence-electron chi connectivity index (χ0n) is 14.9. The van der Waals surface area contributed by atoms with Gasteiger partial charge in [-0.25, -0.2) is 0 Å². The number of rotatable bonds is 5. The smallest absolute Gasteiger partial charge is 0.254 e. The number of carbonyl (C=O) groups excluding carboxylic acids is 2. The molecule has 1 saturated heterocycles. The summed E-state index contributed by atoms with van der Waals surface area (Å²) in [4.78, 5) is 25.5. The van der Waals surface area contributed by atoms with Crippen LogP contribution in [-0.2, 0) is 9.59 Å². The lowest BCUT2D eigenvalue weighted by molar-refractivity contribution is -0.140. The molecule has 6 nitrogen and oxygen atoms in total. The van der Waals surface area contributed by atoms with Crippen molar-refractivity contribution in [3.8, 4) is 11.5 Å². The summed E-state index contributed by atoms with van der Waals surface area (Å²) in [6.07, 6.45) is 7.70. The van der Waals surface area contributed by atoms with E-state index < -0.39 is 0 Å². The minimum atomic E-state index is -0.238. The van der Waals surface area contributed by atoms with E-state index in [0.29, 0.717) is 18.1 Å². The zero-order chi connectivity index (χ0) is 18.3. The molecule has 6 heteroatoms. The summed E-state index contributed by atoms with van der Waals surface area (Å²) >= 11 is 0. The van der Waals surface area contributed by atoms with E-state index in [9.17, 15) is 9.59 Å². The van der Waals surface area contributed by atoms with E-state index in [0.717, 1.165) is 23.4 Å². The van der Waals surface area contributed by atoms with Gasteiger partial charge in [-0.05, 0) is 55.4 Å². The summed E-state index contributed by atoms with van der Waals surface area (Å²) in [5.74, 6) is 0.763. The Morgan fingerprint density at radius 1 is 1.12 bits per heavy atom. The average Bonchev–Trinajstić information content (AvgIpc) is 2.94. The molecule has 2 bridgehead atoms. The number of methoxy groups -OCH3 is 1. The van der Waals surface area contributed by atoms with E-state index in [-0.39, 0.29) is 35.5 Å². The van der Waals surface area contributed by atoms with Crippen molar-refractivity contribution < 1.29 is 19.1 Å². The third-order valence-corrected chi connectivity index (χ3v) is 5.55. The predicted octanol–water partition coefficient (Wildman–Crippen LogP) is 2.63. The highest BCUT2D eigenvalue weighted by Crippen LogP contribution is 2.49. The van der Waals surface area contributed by atoms with Crippen molar-refractivity contribution in [1.29, 1.82) is 0 Å². The third kappa shape index (κ3) is 2.60. The highest BCUT2D eigenvalue weighted by molar-refractivity contribution is 6.06. The van der Waals surface area contributed by atoms with Crippen LogP contribution in [0.2, 0.25) is 0 Å². The van der Waals surface area contributed by atoms with Crippen LogP contribution in [-0.4, -0.2) is 36.8 Å². The maximum Gasteiger partial charge on any atom is 0.254 e. The molecule has 2 amide bonds. The molecule has 3 aliphatic carbocycles. The van der Waals surface area contributed by atoms with Gasteiger partial charge in [0.25, 0.3) is 11.8 Å². The number of hydrazone groups is 1. The second-order valence-electron chi connectivity index (χ2n) is 6.92. The van der Waals surface area contributed by atoms with E-state index >= 15 is 0 Å². The summed E-state index contributed by atoms with van der Waals surface area (Å²) < 4.78 is 10.8. The Morgan fingerprint density at radius 2 is 1.77 bits per heavy atom. The Kier molecular flexibility index (Phi) is 4.26. The molecule has 26 heavy (non-hydrogen) atoms. The van der Waals surface area contributed by atoms with Crippen molar-refractivity contribution in [2.75, 3.05) is 13.7 Å². The van der Waals surface area contributed by atoms with Gasteiger partial charge in [0, 0.05) is 0 Å². The van der Waals surface area contributed by atoms with Gasteiger partial charge in [-0.15, -0.1) is 0 Å². The minimum Gasteiger partial charge on any atom is -0.493 e. The maximum atomic E-state index is 12.7. The molecule has 1 heterocycles. The molecular formula is C20H22N2O4. The fourth-order valence-electron chi connectivity index (χ4n) is 4.34. The fourth-order valence-corrected chi connectivity index (χ4v) is 4.34. The summed E-state index contributed by atoms with van der Waals surface area (Å²) in [6.45, 7) is 2.41. The summed E-state index contributed by atoms with van der Waals surface area (Å²) in [6, 6.07) is 5.38. The van der Waals surface area contributed by atoms with Gasteiger partial charge in [0.05, 0.1) is 31.8 Å². The van der Waals surface area contributed by atoms with E-state index in [1.54, 1.807) is 19.2 Å². The monoisotopic (exact) mass is 354 g/mol. The highest BCUT2D eigenvalue weighted by Gasteiger charge is 2.56. The predicted molar refractivity (Wildman–Crippen MR) is 95.9 cm³/mol. The van der Waals surface area contributed by atoms with Gasteiger partial charge in [-0.1, -0.05) is 12.2 Å². The average molecular weight is 354 g/mol. The van der Waals surface area contributed by atoms with Crippen molar-refractivity contribution >= 4 is 18.0 Å². The van der Waals surface area contributed by atoms with Crippen molar-refractivity contribution in [2.45, 2.75) is 19.8 Å². The number of carbonyl (C=O) groups is 2.